The van der Waals surface area contributed by atoms with Crippen molar-refractivity contribution in [3.05, 3.63) is 53.1 Å². The number of ether oxygens (including phenoxy) is 2. The third-order valence-corrected chi connectivity index (χ3v) is 7.43. The van der Waals surface area contributed by atoms with Gasteiger partial charge in [0.05, 0.1) is 23.4 Å². The maximum absolute atomic E-state index is 13.3. The third-order valence-electron chi connectivity index (χ3n) is 6.39. The minimum atomic E-state index is -0.0672. The Bertz CT molecular complexity index is 1070. The molecule has 1 aromatic heterocycles. The molecule has 1 saturated heterocycles. The molecule has 0 spiro atoms. The summed E-state index contributed by atoms with van der Waals surface area (Å²) in [4.78, 5) is 22.3. The van der Waals surface area contributed by atoms with Gasteiger partial charge in [0.15, 0.2) is 11.7 Å². The molecule has 0 atom stereocenters. The Morgan fingerprint density at radius 2 is 1.85 bits per heavy atom. The lowest BCUT2D eigenvalue weighted by Crippen LogP contribution is -2.40. The Hall–Kier alpha value is -2.48. The average Bonchev–Trinajstić information content (AvgIpc) is 3.23. The second kappa shape index (κ2) is 11.3. The van der Waals surface area contributed by atoms with Gasteiger partial charge in [-0.2, -0.15) is 0 Å². The molecular weight excluding hydrogens is 446 g/mol. The van der Waals surface area contributed by atoms with Crippen LogP contribution in [0.4, 0.5) is 5.13 Å². The first-order chi connectivity index (χ1) is 16.4. The monoisotopic (exact) mass is 481 g/mol. The molecule has 182 valence electrons. The molecule has 3 aromatic rings. The molecule has 7 heteroatoms. The summed E-state index contributed by atoms with van der Waals surface area (Å²) >= 11 is 1.57. The van der Waals surface area contributed by atoms with Gasteiger partial charge < -0.3 is 9.47 Å². The van der Waals surface area contributed by atoms with Crippen LogP contribution in [-0.4, -0.2) is 61.8 Å². The van der Waals surface area contributed by atoms with E-state index < -0.39 is 0 Å². The average molecular weight is 482 g/mol. The summed E-state index contributed by atoms with van der Waals surface area (Å²) in [5.74, 6) is 1.10. The van der Waals surface area contributed by atoms with Gasteiger partial charge in [-0.3, -0.25) is 14.6 Å². The molecule has 2 heterocycles. The van der Waals surface area contributed by atoms with E-state index in [2.05, 4.69) is 56.9 Å². The Morgan fingerprint density at radius 3 is 2.56 bits per heavy atom. The van der Waals surface area contributed by atoms with Gasteiger partial charge in [0.2, 0.25) is 0 Å². The fraction of sp³-hybridized carbons (Fsp3) is 0.481. The van der Waals surface area contributed by atoms with Crippen molar-refractivity contribution in [1.82, 2.24) is 9.88 Å². The Kier molecular flexibility index (Phi) is 8.19. The number of amides is 1. The molecule has 1 amide bonds. The zero-order valence-corrected chi connectivity index (χ0v) is 21.5. The van der Waals surface area contributed by atoms with Crippen LogP contribution in [0.5, 0.6) is 5.75 Å². The molecule has 0 unspecified atom stereocenters. The molecule has 0 N–H and O–H groups in total. The minimum absolute atomic E-state index is 0.00738. The molecular formula is C27H35N3O3S. The van der Waals surface area contributed by atoms with Crippen molar-refractivity contribution in [2.24, 2.45) is 0 Å². The van der Waals surface area contributed by atoms with E-state index in [1.807, 2.05) is 12.1 Å². The topological polar surface area (TPSA) is 54.9 Å². The van der Waals surface area contributed by atoms with Gasteiger partial charge >= 0.3 is 0 Å². The lowest BCUT2D eigenvalue weighted by atomic mass is 10.0. The number of benzene rings is 2. The van der Waals surface area contributed by atoms with E-state index in [-0.39, 0.29) is 12.5 Å². The van der Waals surface area contributed by atoms with E-state index in [1.54, 1.807) is 16.2 Å². The van der Waals surface area contributed by atoms with Crippen molar-refractivity contribution < 1.29 is 14.3 Å². The van der Waals surface area contributed by atoms with Gasteiger partial charge in [0.1, 0.15) is 5.75 Å². The maximum atomic E-state index is 13.3. The second-order valence-corrected chi connectivity index (χ2v) is 10.3. The summed E-state index contributed by atoms with van der Waals surface area (Å²) in [7, 11) is 0. The quantitative estimate of drug-likeness (QED) is 0.422. The van der Waals surface area contributed by atoms with E-state index in [9.17, 15) is 4.79 Å². The molecule has 1 fully saturated rings. The first-order valence-corrected chi connectivity index (χ1v) is 12.9. The predicted molar refractivity (Wildman–Crippen MR) is 139 cm³/mol. The number of hydrogen-bond acceptors (Lipinski definition) is 6. The first-order valence-electron chi connectivity index (χ1n) is 12.1. The molecule has 4 rings (SSSR count). The highest BCUT2D eigenvalue weighted by atomic mass is 32.1. The highest BCUT2D eigenvalue weighted by molar-refractivity contribution is 7.22. The number of carbonyl (C=O) groups excluding carboxylic acids is 1. The van der Waals surface area contributed by atoms with Crippen molar-refractivity contribution >= 4 is 32.6 Å². The van der Waals surface area contributed by atoms with Gasteiger partial charge in [0.25, 0.3) is 5.91 Å². The fourth-order valence-electron chi connectivity index (χ4n) is 4.06. The van der Waals surface area contributed by atoms with Crippen LogP contribution in [0.15, 0.2) is 36.4 Å². The summed E-state index contributed by atoms with van der Waals surface area (Å²) < 4.78 is 12.4. The maximum Gasteiger partial charge on any atom is 0.266 e. The number of rotatable bonds is 9. The third kappa shape index (κ3) is 6.14. The van der Waals surface area contributed by atoms with Crippen molar-refractivity contribution in [2.75, 3.05) is 50.9 Å². The van der Waals surface area contributed by atoms with Gasteiger partial charge in [-0.05, 0) is 67.1 Å². The zero-order valence-electron chi connectivity index (χ0n) is 20.7. The number of thiazole rings is 1. The summed E-state index contributed by atoms with van der Waals surface area (Å²) in [6, 6.07) is 12.3. The lowest BCUT2D eigenvalue weighted by Gasteiger charge is -2.27. The summed E-state index contributed by atoms with van der Waals surface area (Å²) in [6.45, 7) is 13.5. The van der Waals surface area contributed by atoms with E-state index in [1.165, 1.54) is 16.7 Å². The molecule has 0 saturated carbocycles. The number of morpholine rings is 1. The van der Waals surface area contributed by atoms with Crippen LogP contribution in [0, 0.1) is 13.8 Å². The standard InChI is InChI=1S/C27H35N3O3S/c1-19(2)22-6-8-23(9-7-22)33-18-26(31)30(11-5-10-29-12-14-32-15-13-29)27-28-24-16-20(3)21(4)17-25(24)34-27/h6-9,16-17,19H,5,10-15,18H2,1-4H3. The largest absolute Gasteiger partial charge is 0.484 e. The Labute approximate surface area is 206 Å². The van der Waals surface area contributed by atoms with E-state index >= 15 is 0 Å². The predicted octanol–water partition coefficient (Wildman–Crippen LogP) is 5.17. The summed E-state index contributed by atoms with van der Waals surface area (Å²) in [5.41, 5.74) is 4.64. The van der Waals surface area contributed by atoms with Gasteiger partial charge in [-0.15, -0.1) is 0 Å². The fourth-order valence-corrected chi connectivity index (χ4v) is 5.15. The molecule has 0 bridgehead atoms. The van der Waals surface area contributed by atoms with Crippen LogP contribution < -0.4 is 9.64 Å². The number of anilines is 1. The van der Waals surface area contributed by atoms with Crippen molar-refractivity contribution in [3.8, 4) is 5.75 Å². The van der Waals surface area contributed by atoms with Crippen LogP contribution in [0.25, 0.3) is 10.2 Å². The van der Waals surface area contributed by atoms with Gasteiger partial charge in [-0.1, -0.05) is 37.3 Å². The normalized spacial score (nSPS) is 14.6. The highest BCUT2D eigenvalue weighted by Gasteiger charge is 2.21. The Balaban J connectivity index is 1.47. The minimum Gasteiger partial charge on any atom is -0.484 e. The smallest absolute Gasteiger partial charge is 0.266 e. The Morgan fingerprint density at radius 1 is 1.15 bits per heavy atom. The number of nitrogens with zero attached hydrogens (tertiary/aromatic N) is 3. The molecule has 6 nitrogen and oxygen atoms in total. The number of hydrogen-bond donors (Lipinski definition) is 0. The number of aryl methyl sites for hydroxylation is 2. The van der Waals surface area contributed by atoms with Gasteiger partial charge in [-0.25, -0.2) is 4.98 Å². The SMILES string of the molecule is Cc1cc2nc(N(CCCN3CCOCC3)C(=O)COc3ccc(C(C)C)cc3)sc2cc1C. The summed E-state index contributed by atoms with van der Waals surface area (Å²) in [5, 5.41) is 0.741. The number of fused-ring (bicyclic) bond motifs is 1. The zero-order chi connectivity index (χ0) is 24.1. The first kappa shape index (κ1) is 24.6. The molecule has 2 aromatic carbocycles. The van der Waals surface area contributed by atoms with Crippen LogP contribution in [-0.2, 0) is 9.53 Å². The van der Waals surface area contributed by atoms with E-state index in [4.69, 9.17) is 14.5 Å². The van der Waals surface area contributed by atoms with Gasteiger partial charge in [0, 0.05) is 26.2 Å². The molecule has 0 radical (unpaired) electrons. The van der Waals surface area contributed by atoms with Crippen LogP contribution in [0.1, 0.15) is 42.9 Å². The van der Waals surface area contributed by atoms with Crippen molar-refractivity contribution in [2.45, 2.75) is 40.0 Å². The van der Waals surface area contributed by atoms with E-state index in [0.29, 0.717) is 18.2 Å². The second-order valence-electron chi connectivity index (χ2n) is 9.27. The van der Waals surface area contributed by atoms with Crippen LogP contribution in [0.3, 0.4) is 0 Å². The lowest BCUT2D eigenvalue weighted by molar-refractivity contribution is -0.120. The molecule has 0 aliphatic carbocycles. The number of carbonyl (C=O) groups is 1. The summed E-state index contributed by atoms with van der Waals surface area (Å²) in [6.07, 6.45) is 0.878. The van der Waals surface area contributed by atoms with Crippen LogP contribution in [0.2, 0.25) is 0 Å². The van der Waals surface area contributed by atoms with Crippen molar-refractivity contribution in [1.29, 1.82) is 0 Å². The molecule has 34 heavy (non-hydrogen) atoms. The van der Waals surface area contributed by atoms with Crippen LogP contribution >= 0.6 is 11.3 Å². The number of aromatic nitrogens is 1. The molecule has 1 aliphatic rings. The highest BCUT2D eigenvalue weighted by Crippen LogP contribution is 2.31. The van der Waals surface area contributed by atoms with E-state index in [0.717, 1.165) is 54.6 Å². The van der Waals surface area contributed by atoms with Crippen molar-refractivity contribution in [3.63, 3.8) is 0 Å². The molecule has 1 aliphatic heterocycles.